The molecule has 0 aliphatic carbocycles. The first-order chi connectivity index (χ1) is 9.72. The van der Waals surface area contributed by atoms with Crippen LogP contribution in [0.2, 0.25) is 0 Å². The van der Waals surface area contributed by atoms with Gasteiger partial charge < -0.3 is 19.5 Å². The van der Waals surface area contributed by atoms with Gasteiger partial charge in [0.05, 0.1) is 31.7 Å². The second-order valence-corrected chi connectivity index (χ2v) is 4.69. The molecular formula is C14H25N3O3. The third-order valence-corrected chi connectivity index (χ3v) is 2.47. The van der Waals surface area contributed by atoms with Crippen molar-refractivity contribution in [3.8, 4) is 5.88 Å². The van der Waals surface area contributed by atoms with Crippen molar-refractivity contribution in [3.05, 3.63) is 18.1 Å². The zero-order valence-electron chi connectivity index (χ0n) is 12.6. The molecule has 1 aromatic rings. The van der Waals surface area contributed by atoms with E-state index in [1.807, 2.05) is 0 Å². The number of rotatable bonds is 11. The molecule has 0 saturated carbocycles. The van der Waals surface area contributed by atoms with Gasteiger partial charge in [0.1, 0.15) is 0 Å². The quantitative estimate of drug-likeness (QED) is 0.619. The minimum atomic E-state index is 0.422. The fraction of sp³-hybridized carbons (Fsp3) is 0.714. The SMILES string of the molecule is COCCOCCCOc1cncc(CNC(C)C)n1. The molecule has 1 rings (SSSR count). The summed E-state index contributed by atoms with van der Waals surface area (Å²) in [6.45, 7) is 7.36. The fourth-order valence-electron chi connectivity index (χ4n) is 1.43. The van der Waals surface area contributed by atoms with E-state index in [4.69, 9.17) is 14.2 Å². The van der Waals surface area contributed by atoms with E-state index in [-0.39, 0.29) is 0 Å². The molecule has 20 heavy (non-hydrogen) atoms. The van der Waals surface area contributed by atoms with Crippen LogP contribution in [-0.2, 0) is 16.0 Å². The summed E-state index contributed by atoms with van der Waals surface area (Å²) >= 11 is 0. The van der Waals surface area contributed by atoms with Crippen molar-refractivity contribution in [2.24, 2.45) is 0 Å². The number of ether oxygens (including phenoxy) is 3. The molecular weight excluding hydrogens is 258 g/mol. The zero-order valence-corrected chi connectivity index (χ0v) is 12.6. The highest BCUT2D eigenvalue weighted by Crippen LogP contribution is 2.05. The number of nitrogens with zero attached hydrogens (tertiary/aromatic N) is 2. The minimum absolute atomic E-state index is 0.422. The maximum absolute atomic E-state index is 5.55. The molecule has 6 nitrogen and oxygen atoms in total. The van der Waals surface area contributed by atoms with Crippen LogP contribution in [0, 0.1) is 0 Å². The maximum Gasteiger partial charge on any atom is 0.232 e. The van der Waals surface area contributed by atoms with Gasteiger partial charge in [0.15, 0.2) is 0 Å². The summed E-state index contributed by atoms with van der Waals surface area (Å²) in [6.07, 6.45) is 4.20. The highest BCUT2D eigenvalue weighted by atomic mass is 16.5. The number of aromatic nitrogens is 2. The van der Waals surface area contributed by atoms with Crippen molar-refractivity contribution in [1.82, 2.24) is 15.3 Å². The highest BCUT2D eigenvalue weighted by molar-refractivity contribution is 5.08. The van der Waals surface area contributed by atoms with Crippen molar-refractivity contribution in [1.29, 1.82) is 0 Å². The van der Waals surface area contributed by atoms with Gasteiger partial charge in [-0.3, -0.25) is 4.98 Å². The lowest BCUT2D eigenvalue weighted by atomic mass is 10.3. The van der Waals surface area contributed by atoms with Crippen LogP contribution in [0.15, 0.2) is 12.4 Å². The predicted molar refractivity (Wildman–Crippen MR) is 76.8 cm³/mol. The maximum atomic E-state index is 5.55. The standard InChI is InChI=1S/C14H25N3O3/c1-12(2)16-10-13-9-15-11-14(17-13)20-6-4-5-19-8-7-18-3/h9,11-12,16H,4-8,10H2,1-3H3. The average Bonchev–Trinajstić information content (AvgIpc) is 2.45. The third-order valence-electron chi connectivity index (χ3n) is 2.47. The lowest BCUT2D eigenvalue weighted by Gasteiger charge is -2.09. The Morgan fingerprint density at radius 3 is 2.75 bits per heavy atom. The second-order valence-electron chi connectivity index (χ2n) is 4.69. The third kappa shape index (κ3) is 8.04. The Hall–Kier alpha value is -1.24. The van der Waals surface area contributed by atoms with E-state index in [2.05, 4.69) is 29.1 Å². The van der Waals surface area contributed by atoms with Crippen molar-refractivity contribution in [3.63, 3.8) is 0 Å². The van der Waals surface area contributed by atoms with Crippen molar-refractivity contribution in [2.45, 2.75) is 32.9 Å². The van der Waals surface area contributed by atoms with Gasteiger partial charge in [0, 0.05) is 38.9 Å². The number of methoxy groups -OCH3 is 1. The number of hydrogen-bond donors (Lipinski definition) is 1. The number of hydrogen-bond acceptors (Lipinski definition) is 6. The molecule has 0 fully saturated rings. The molecule has 0 saturated heterocycles. The molecule has 1 heterocycles. The van der Waals surface area contributed by atoms with E-state index in [0.29, 0.717) is 44.9 Å². The Kier molecular flexibility index (Phi) is 8.86. The smallest absolute Gasteiger partial charge is 0.232 e. The van der Waals surface area contributed by atoms with E-state index >= 15 is 0 Å². The fourth-order valence-corrected chi connectivity index (χ4v) is 1.43. The molecule has 0 aliphatic rings. The Balaban J connectivity index is 2.18. The summed E-state index contributed by atoms with van der Waals surface area (Å²) in [7, 11) is 1.66. The van der Waals surface area contributed by atoms with Gasteiger partial charge in [-0.1, -0.05) is 13.8 Å². The van der Waals surface area contributed by atoms with Gasteiger partial charge >= 0.3 is 0 Å². The molecule has 0 bridgehead atoms. The Morgan fingerprint density at radius 2 is 2.00 bits per heavy atom. The van der Waals surface area contributed by atoms with Crippen LogP contribution in [0.5, 0.6) is 5.88 Å². The average molecular weight is 283 g/mol. The first-order valence-electron chi connectivity index (χ1n) is 6.96. The van der Waals surface area contributed by atoms with E-state index in [1.165, 1.54) is 0 Å². The molecule has 1 N–H and O–H groups in total. The molecule has 0 aliphatic heterocycles. The summed E-state index contributed by atoms with van der Waals surface area (Å²) in [4.78, 5) is 8.51. The lowest BCUT2D eigenvalue weighted by molar-refractivity contribution is 0.0641. The van der Waals surface area contributed by atoms with Crippen molar-refractivity contribution in [2.75, 3.05) is 33.5 Å². The van der Waals surface area contributed by atoms with Crippen LogP contribution < -0.4 is 10.1 Å². The Labute approximate surface area is 120 Å². The largest absolute Gasteiger partial charge is 0.476 e. The van der Waals surface area contributed by atoms with Crippen LogP contribution in [0.3, 0.4) is 0 Å². The summed E-state index contributed by atoms with van der Waals surface area (Å²) in [5, 5.41) is 3.30. The molecule has 0 atom stereocenters. The van der Waals surface area contributed by atoms with Gasteiger partial charge in [-0.15, -0.1) is 0 Å². The Morgan fingerprint density at radius 1 is 1.15 bits per heavy atom. The molecule has 0 aromatic carbocycles. The van der Waals surface area contributed by atoms with Crippen LogP contribution in [0.25, 0.3) is 0 Å². The van der Waals surface area contributed by atoms with Crippen LogP contribution in [0.4, 0.5) is 0 Å². The normalized spacial score (nSPS) is 11.0. The lowest BCUT2D eigenvalue weighted by Crippen LogP contribution is -2.22. The topological polar surface area (TPSA) is 65.5 Å². The second kappa shape index (κ2) is 10.5. The first kappa shape index (κ1) is 16.8. The first-order valence-corrected chi connectivity index (χ1v) is 6.96. The molecule has 0 amide bonds. The van der Waals surface area contributed by atoms with Gasteiger partial charge in [-0.05, 0) is 0 Å². The van der Waals surface area contributed by atoms with E-state index in [9.17, 15) is 0 Å². The number of nitrogens with one attached hydrogen (secondary N) is 1. The molecule has 0 radical (unpaired) electrons. The van der Waals surface area contributed by atoms with E-state index in [0.717, 1.165) is 12.1 Å². The monoisotopic (exact) mass is 283 g/mol. The zero-order chi connectivity index (χ0) is 14.6. The van der Waals surface area contributed by atoms with Gasteiger partial charge in [-0.25, -0.2) is 4.98 Å². The van der Waals surface area contributed by atoms with Gasteiger partial charge in [-0.2, -0.15) is 0 Å². The summed E-state index contributed by atoms with van der Waals surface area (Å²) in [5.41, 5.74) is 0.882. The molecule has 0 unspecified atom stereocenters. The van der Waals surface area contributed by atoms with Crippen LogP contribution in [0.1, 0.15) is 26.0 Å². The van der Waals surface area contributed by atoms with Gasteiger partial charge in [0.2, 0.25) is 5.88 Å². The molecule has 6 heteroatoms. The summed E-state index contributed by atoms with van der Waals surface area (Å²) < 4.78 is 15.8. The highest BCUT2D eigenvalue weighted by Gasteiger charge is 2.01. The van der Waals surface area contributed by atoms with E-state index in [1.54, 1.807) is 19.5 Å². The molecule has 1 aromatic heterocycles. The Bertz CT molecular complexity index is 361. The van der Waals surface area contributed by atoms with E-state index < -0.39 is 0 Å². The molecule has 114 valence electrons. The minimum Gasteiger partial charge on any atom is -0.476 e. The van der Waals surface area contributed by atoms with Crippen LogP contribution in [-0.4, -0.2) is 49.5 Å². The van der Waals surface area contributed by atoms with Crippen molar-refractivity contribution >= 4 is 0 Å². The van der Waals surface area contributed by atoms with Gasteiger partial charge in [0.25, 0.3) is 0 Å². The predicted octanol–water partition coefficient (Wildman–Crippen LogP) is 1.41. The van der Waals surface area contributed by atoms with Crippen LogP contribution >= 0.6 is 0 Å². The summed E-state index contributed by atoms with van der Waals surface area (Å²) in [5.74, 6) is 0.560. The summed E-state index contributed by atoms with van der Waals surface area (Å²) in [6, 6.07) is 0.422. The molecule has 0 spiro atoms. The van der Waals surface area contributed by atoms with Crippen molar-refractivity contribution < 1.29 is 14.2 Å².